The van der Waals surface area contributed by atoms with Crippen LogP contribution in [-0.2, 0) is 4.79 Å². The van der Waals surface area contributed by atoms with E-state index in [2.05, 4.69) is 24.1 Å². The molecule has 2 unspecified atom stereocenters. The number of amides is 1. The Morgan fingerprint density at radius 3 is 2.76 bits per heavy atom. The highest BCUT2D eigenvalue weighted by molar-refractivity contribution is 5.78. The van der Waals surface area contributed by atoms with Crippen LogP contribution in [0, 0.1) is 5.92 Å². The minimum Gasteiger partial charge on any atom is -0.355 e. The first-order valence-corrected chi connectivity index (χ1v) is 6.93. The Morgan fingerprint density at radius 1 is 1.41 bits per heavy atom. The van der Waals surface area contributed by atoms with Crippen molar-refractivity contribution in [2.24, 2.45) is 11.7 Å². The third-order valence-electron chi connectivity index (χ3n) is 3.72. The average Bonchev–Trinajstić information content (AvgIpc) is 2.81. The van der Waals surface area contributed by atoms with E-state index in [0.29, 0.717) is 18.5 Å². The lowest BCUT2D eigenvalue weighted by Crippen LogP contribution is -2.45. The highest BCUT2D eigenvalue weighted by Gasteiger charge is 2.31. The van der Waals surface area contributed by atoms with Gasteiger partial charge in [0.05, 0.1) is 6.54 Å². The van der Waals surface area contributed by atoms with Crippen molar-refractivity contribution >= 4 is 5.91 Å². The molecule has 1 saturated carbocycles. The topological polar surface area (TPSA) is 58.4 Å². The lowest BCUT2D eigenvalue weighted by atomic mass is 10.0. The summed E-state index contributed by atoms with van der Waals surface area (Å²) in [6.45, 7) is 7.18. The molecule has 1 amide bonds. The van der Waals surface area contributed by atoms with Crippen molar-refractivity contribution in [3.8, 4) is 0 Å². The summed E-state index contributed by atoms with van der Waals surface area (Å²) in [7, 11) is 0. The summed E-state index contributed by atoms with van der Waals surface area (Å²) in [4.78, 5) is 14.0. The molecule has 100 valence electrons. The zero-order valence-corrected chi connectivity index (χ0v) is 11.2. The lowest BCUT2D eigenvalue weighted by Gasteiger charge is -2.31. The summed E-state index contributed by atoms with van der Waals surface area (Å²) in [6, 6.07) is 0.511. The predicted molar refractivity (Wildman–Crippen MR) is 70.7 cm³/mol. The fraction of sp³-hybridized carbons (Fsp3) is 0.923. The van der Waals surface area contributed by atoms with Gasteiger partial charge in [-0.05, 0) is 38.3 Å². The molecule has 17 heavy (non-hydrogen) atoms. The van der Waals surface area contributed by atoms with Crippen LogP contribution < -0.4 is 11.1 Å². The zero-order valence-electron chi connectivity index (χ0n) is 11.2. The number of carbonyl (C=O) groups is 1. The lowest BCUT2D eigenvalue weighted by molar-refractivity contribution is -0.122. The van der Waals surface area contributed by atoms with Gasteiger partial charge < -0.3 is 11.1 Å². The standard InChI is InChI=1S/C13H27N3O/c1-3-8-15-13(17)10-16(4-2)12-7-5-6-11(12)9-14/h11-12H,3-10,14H2,1-2H3,(H,15,17). The molecular weight excluding hydrogens is 214 g/mol. The minimum absolute atomic E-state index is 0.149. The van der Waals surface area contributed by atoms with Gasteiger partial charge in [0, 0.05) is 12.6 Å². The van der Waals surface area contributed by atoms with Crippen LogP contribution in [0.3, 0.4) is 0 Å². The van der Waals surface area contributed by atoms with Gasteiger partial charge in [0.1, 0.15) is 0 Å². The molecule has 4 nitrogen and oxygen atoms in total. The summed E-state index contributed by atoms with van der Waals surface area (Å²) >= 11 is 0. The maximum atomic E-state index is 11.7. The molecule has 3 N–H and O–H groups in total. The number of carbonyl (C=O) groups excluding carboxylic acids is 1. The van der Waals surface area contributed by atoms with Crippen LogP contribution in [-0.4, -0.2) is 43.0 Å². The highest BCUT2D eigenvalue weighted by Crippen LogP contribution is 2.28. The zero-order chi connectivity index (χ0) is 12.7. The van der Waals surface area contributed by atoms with Crippen LogP contribution in [0.25, 0.3) is 0 Å². The summed E-state index contributed by atoms with van der Waals surface area (Å²) in [6.07, 6.45) is 4.65. The second kappa shape index (κ2) is 7.67. The number of nitrogens with zero attached hydrogens (tertiary/aromatic N) is 1. The summed E-state index contributed by atoms with van der Waals surface area (Å²) in [5.74, 6) is 0.727. The molecule has 2 atom stereocenters. The van der Waals surface area contributed by atoms with Crippen LogP contribution >= 0.6 is 0 Å². The van der Waals surface area contributed by atoms with Crippen molar-refractivity contribution in [2.45, 2.75) is 45.6 Å². The molecule has 1 aliphatic rings. The van der Waals surface area contributed by atoms with Crippen LogP contribution in [0.1, 0.15) is 39.5 Å². The number of nitrogens with one attached hydrogen (secondary N) is 1. The number of likely N-dealkylation sites (N-methyl/N-ethyl adjacent to an activating group) is 1. The molecule has 0 saturated heterocycles. The van der Waals surface area contributed by atoms with Crippen LogP contribution in [0.4, 0.5) is 0 Å². The van der Waals surface area contributed by atoms with E-state index in [1.54, 1.807) is 0 Å². The van der Waals surface area contributed by atoms with Crippen molar-refractivity contribution in [1.29, 1.82) is 0 Å². The van der Waals surface area contributed by atoms with Gasteiger partial charge in [-0.15, -0.1) is 0 Å². The molecule has 1 rings (SSSR count). The van der Waals surface area contributed by atoms with E-state index in [9.17, 15) is 4.79 Å². The number of nitrogens with two attached hydrogens (primary N) is 1. The van der Waals surface area contributed by atoms with Gasteiger partial charge in [0.15, 0.2) is 0 Å². The number of hydrogen-bond donors (Lipinski definition) is 2. The van der Waals surface area contributed by atoms with Crippen LogP contribution in [0.2, 0.25) is 0 Å². The molecule has 0 heterocycles. The van der Waals surface area contributed by atoms with Gasteiger partial charge in [0.2, 0.25) is 5.91 Å². The van der Waals surface area contributed by atoms with E-state index in [1.165, 1.54) is 19.3 Å². The highest BCUT2D eigenvalue weighted by atomic mass is 16.2. The normalized spacial score (nSPS) is 24.2. The van der Waals surface area contributed by atoms with Crippen molar-refractivity contribution in [3.63, 3.8) is 0 Å². The van der Waals surface area contributed by atoms with Crippen molar-refractivity contribution in [2.75, 3.05) is 26.2 Å². The maximum absolute atomic E-state index is 11.7. The van der Waals surface area contributed by atoms with Gasteiger partial charge in [0.25, 0.3) is 0 Å². The van der Waals surface area contributed by atoms with Gasteiger partial charge in [-0.25, -0.2) is 0 Å². The van der Waals surface area contributed by atoms with E-state index >= 15 is 0 Å². The molecule has 1 fully saturated rings. The predicted octanol–water partition coefficient (Wildman–Crippen LogP) is 0.962. The smallest absolute Gasteiger partial charge is 0.234 e. The van der Waals surface area contributed by atoms with Gasteiger partial charge in [-0.2, -0.15) is 0 Å². The molecule has 4 heteroatoms. The van der Waals surface area contributed by atoms with Gasteiger partial charge in [-0.3, -0.25) is 9.69 Å². The average molecular weight is 241 g/mol. The molecule has 0 radical (unpaired) electrons. The SMILES string of the molecule is CCCNC(=O)CN(CC)C1CCCC1CN. The number of hydrogen-bond acceptors (Lipinski definition) is 3. The second-order valence-electron chi connectivity index (χ2n) is 4.91. The Kier molecular flexibility index (Phi) is 6.52. The number of rotatable bonds is 7. The van der Waals surface area contributed by atoms with E-state index < -0.39 is 0 Å². The van der Waals surface area contributed by atoms with Crippen molar-refractivity contribution in [3.05, 3.63) is 0 Å². The van der Waals surface area contributed by atoms with Gasteiger partial charge in [-0.1, -0.05) is 20.3 Å². The van der Waals surface area contributed by atoms with E-state index in [-0.39, 0.29) is 5.91 Å². The Bertz CT molecular complexity index is 233. The molecule has 0 aromatic rings. The summed E-state index contributed by atoms with van der Waals surface area (Å²) in [5, 5.41) is 2.94. The maximum Gasteiger partial charge on any atom is 0.234 e. The largest absolute Gasteiger partial charge is 0.355 e. The van der Waals surface area contributed by atoms with Crippen LogP contribution in [0.5, 0.6) is 0 Å². The quantitative estimate of drug-likeness (QED) is 0.698. The monoisotopic (exact) mass is 241 g/mol. The molecule has 0 aromatic heterocycles. The van der Waals surface area contributed by atoms with Crippen LogP contribution in [0.15, 0.2) is 0 Å². The third kappa shape index (κ3) is 4.28. The fourth-order valence-corrected chi connectivity index (χ4v) is 2.74. The summed E-state index contributed by atoms with van der Waals surface area (Å²) in [5.41, 5.74) is 5.80. The summed E-state index contributed by atoms with van der Waals surface area (Å²) < 4.78 is 0. The fourth-order valence-electron chi connectivity index (χ4n) is 2.74. The Labute approximate surface area is 105 Å². The second-order valence-corrected chi connectivity index (χ2v) is 4.91. The minimum atomic E-state index is 0.149. The van der Waals surface area contributed by atoms with Gasteiger partial charge >= 0.3 is 0 Å². The molecular formula is C13H27N3O. The van der Waals surface area contributed by atoms with Crippen molar-refractivity contribution in [1.82, 2.24) is 10.2 Å². The van der Waals surface area contributed by atoms with E-state index in [1.807, 2.05) is 0 Å². The van der Waals surface area contributed by atoms with Crippen molar-refractivity contribution < 1.29 is 4.79 Å². The Balaban J connectivity index is 2.44. The molecule has 0 spiro atoms. The molecule has 0 bridgehead atoms. The first-order chi connectivity index (χ1) is 8.22. The first-order valence-electron chi connectivity index (χ1n) is 6.93. The van der Waals surface area contributed by atoms with E-state index in [0.717, 1.165) is 26.1 Å². The Hall–Kier alpha value is -0.610. The van der Waals surface area contributed by atoms with E-state index in [4.69, 9.17) is 5.73 Å². The third-order valence-corrected chi connectivity index (χ3v) is 3.72. The molecule has 0 aromatic carbocycles. The first kappa shape index (κ1) is 14.5. The Morgan fingerprint density at radius 2 is 2.18 bits per heavy atom. The molecule has 0 aliphatic heterocycles. The molecule has 1 aliphatic carbocycles.